The van der Waals surface area contributed by atoms with Crippen LogP contribution in [0.15, 0.2) is 42.6 Å². The number of carbonyl (C=O) groups excluding carboxylic acids is 1. The molecule has 1 fully saturated rings. The van der Waals surface area contributed by atoms with Crippen molar-refractivity contribution in [2.75, 3.05) is 51.9 Å². The van der Waals surface area contributed by atoms with Gasteiger partial charge in [-0.25, -0.2) is 9.99 Å². The van der Waals surface area contributed by atoms with E-state index < -0.39 is 0 Å². The highest BCUT2D eigenvalue weighted by molar-refractivity contribution is 5.91. The summed E-state index contributed by atoms with van der Waals surface area (Å²) in [5, 5.41) is 1.94. The van der Waals surface area contributed by atoms with Crippen LogP contribution in [0.4, 0.5) is 5.82 Å². The Morgan fingerprint density at radius 3 is 2.21 bits per heavy atom. The van der Waals surface area contributed by atoms with Gasteiger partial charge in [-0.05, 0) is 42.3 Å². The van der Waals surface area contributed by atoms with Gasteiger partial charge in [0.1, 0.15) is 5.82 Å². The summed E-state index contributed by atoms with van der Waals surface area (Å²) >= 11 is 0. The van der Waals surface area contributed by atoms with Gasteiger partial charge in [-0.3, -0.25) is 10.2 Å². The van der Waals surface area contributed by atoms with Gasteiger partial charge in [0.15, 0.2) is 11.5 Å². The summed E-state index contributed by atoms with van der Waals surface area (Å²) in [6.07, 6.45) is 15.1. The van der Waals surface area contributed by atoms with Crippen molar-refractivity contribution in [3.8, 4) is 17.2 Å². The SMILES string of the molecule is CCCCCCCCCCOc1c(OC)cc(C=CC(=O)NN2CCN(c3ccccn3)CC2)cc1OC. The molecule has 0 bridgehead atoms. The van der Waals surface area contributed by atoms with E-state index in [1.165, 1.54) is 44.6 Å². The van der Waals surface area contributed by atoms with Crippen molar-refractivity contribution in [1.29, 1.82) is 0 Å². The van der Waals surface area contributed by atoms with E-state index in [2.05, 4.69) is 22.2 Å². The zero-order chi connectivity index (χ0) is 27.0. The fraction of sp³-hybridized carbons (Fsp3) is 0.533. The average Bonchev–Trinajstić information content (AvgIpc) is 2.96. The molecule has 8 nitrogen and oxygen atoms in total. The number of anilines is 1. The monoisotopic (exact) mass is 524 g/mol. The molecule has 1 saturated heterocycles. The predicted molar refractivity (Wildman–Crippen MR) is 153 cm³/mol. The van der Waals surface area contributed by atoms with Gasteiger partial charge in [0, 0.05) is 38.5 Å². The number of aromatic nitrogens is 1. The number of hydrogen-bond acceptors (Lipinski definition) is 7. The lowest BCUT2D eigenvalue weighted by Gasteiger charge is -2.35. The molecule has 0 radical (unpaired) electrons. The molecule has 0 saturated carbocycles. The lowest BCUT2D eigenvalue weighted by Crippen LogP contribution is -2.53. The highest BCUT2D eigenvalue weighted by Gasteiger charge is 2.19. The second-order valence-corrected chi connectivity index (χ2v) is 9.55. The van der Waals surface area contributed by atoms with Crippen LogP contribution in [0.2, 0.25) is 0 Å². The van der Waals surface area contributed by atoms with Gasteiger partial charge in [-0.15, -0.1) is 0 Å². The molecule has 0 atom stereocenters. The molecule has 1 amide bonds. The first-order valence-electron chi connectivity index (χ1n) is 13.9. The van der Waals surface area contributed by atoms with Gasteiger partial charge in [0.2, 0.25) is 5.75 Å². The Balaban J connectivity index is 1.46. The minimum Gasteiger partial charge on any atom is -0.493 e. The van der Waals surface area contributed by atoms with Crippen LogP contribution >= 0.6 is 0 Å². The third-order valence-corrected chi connectivity index (χ3v) is 6.68. The first kappa shape index (κ1) is 29.3. The molecule has 2 aromatic rings. The van der Waals surface area contributed by atoms with Crippen molar-refractivity contribution >= 4 is 17.8 Å². The summed E-state index contributed by atoms with van der Waals surface area (Å²) in [7, 11) is 3.23. The van der Waals surface area contributed by atoms with E-state index in [9.17, 15) is 4.79 Å². The Morgan fingerprint density at radius 2 is 1.61 bits per heavy atom. The minimum atomic E-state index is -0.177. The number of nitrogens with zero attached hydrogens (tertiary/aromatic N) is 3. The van der Waals surface area contributed by atoms with Crippen molar-refractivity contribution in [2.24, 2.45) is 0 Å². The molecule has 0 unspecified atom stereocenters. The molecule has 38 heavy (non-hydrogen) atoms. The molecule has 1 aliphatic heterocycles. The average molecular weight is 525 g/mol. The summed E-state index contributed by atoms with van der Waals surface area (Å²) < 4.78 is 17.2. The second-order valence-electron chi connectivity index (χ2n) is 9.55. The Labute approximate surface area is 227 Å². The summed E-state index contributed by atoms with van der Waals surface area (Å²) in [5.41, 5.74) is 3.76. The quantitative estimate of drug-likeness (QED) is 0.230. The molecule has 0 spiro atoms. The number of pyridine rings is 1. The molecule has 1 aromatic heterocycles. The van der Waals surface area contributed by atoms with Crippen molar-refractivity contribution in [3.05, 3.63) is 48.2 Å². The van der Waals surface area contributed by atoms with Crippen LogP contribution in [-0.2, 0) is 4.79 Å². The molecule has 3 rings (SSSR count). The number of carbonyl (C=O) groups is 1. The maximum atomic E-state index is 12.6. The van der Waals surface area contributed by atoms with Gasteiger partial charge < -0.3 is 19.1 Å². The molecular formula is C30H44N4O4. The van der Waals surface area contributed by atoms with Crippen LogP contribution < -0.4 is 24.5 Å². The van der Waals surface area contributed by atoms with E-state index in [4.69, 9.17) is 14.2 Å². The fourth-order valence-electron chi connectivity index (χ4n) is 4.50. The number of rotatable bonds is 16. The molecule has 8 heteroatoms. The number of benzene rings is 1. The molecule has 1 aliphatic rings. The summed E-state index contributed by atoms with van der Waals surface area (Å²) in [6, 6.07) is 9.63. The van der Waals surface area contributed by atoms with E-state index in [1.54, 1.807) is 26.5 Å². The lowest BCUT2D eigenvalue weighted by molar-refractivity contribution is -0.121. The van der Waals surface area contributed by atoms with Crippen LogP contribution in [0.25, 0.3) is 6.08 Å². The molecule has 1 N–H and O–H groups in total. The van der Waals surface area contributed by atoms with Gasteiger partial charge in [-0.2, -0.15) is 0 Å². The number of methoxy groups -OCH3 is 2. The van der Waals surface area contributed by atoms with Crippen LogP contribution in [-0.4, -0.2) is 62.9 Å². The topological polar surface area (TPSA) is 76.2 Å². The third-order valence-electron chi connectivity index (χ3n) is 6.68. The molecule has 0 aliphatic carbocycles. The number of hydrogen-bond donors (Lipinski definition) is 1. The standard InChI is InChI=1S/C30H44N4O4/c1-4-5-6-7-8-9-10-13-22-38-30-26(36-2)23-25(24-27(30)37-3)15-16-29(35)32-34-20-18-33(19-21-34)28-14-11-12-17-31-28/h11-12,14-17,23-24H,4-10,13,18-22H2,1-3H3,(H,32,35). The zero-order valence-corrected chi connectivity index (χ0v) is 23.3. The number of amides is 1. The largest absolute Gasteiger partial charge is 0.493 e. The molecule has 2 heterocycles. The number of nitrogens with one attached hydrogen (secondary N) is 1. The Morgan fingerprint density at radius 1 is 0.947 bits per heavy atom. The Hall–Kier alpha value is -3.26. The smallest absolute Gasteiger partial charge is 0.258 e. The molecule has 208 valence electrons. The van der Waals surface area contributed by atoms with E-state index in [0.717, 1.165) is 50.4 Å². The van der Waals surface area contributed by atoms with Crippen molar-refractivity contribution < 1.29 is 19.0 Å². The van der Waals surface area contributed by atoms with E-state index >= 15 is 0 Å². The van der Waals surface area contributed by atoms with Crippen molar-refractivity contribution in [2.45, 2.75) is 58.3 Å². The van der Waals surface area contributed by atoms with Gasteiger partial charge in [-0.1, -0.05) is 57.9 Å². The zero-order valence-electron chi connectivity index (χ0n) is 23.3. The van der Waals surface area contributed by atoms with Crippen LogP contribution in [0.1, 0.15) is 63.9 Å². The summed E-state index contributed by atoms with van der Waals surface area (Å²) in [6.45, 7) is 5.91. The van der Waals surface area contributed by atoms with Gasteiger partial charge in [0.25, 0.3) is 5.91 Å². The number of unbranched alkanes of at least 4 members (excludes halogenated alkanes) is 7. The minimum absolute atomic E-state index is 0.177. The normalized spacial score (nSPS) is 14.0. The number of piperazine rings is 1. The van der Waals surface area contributed by atoms with Crippen molar-refractivity contribution in [3.63, 3.8) is 0 Å². The first-order valence-corrected chi connectivity index (χ1v) is 13.9. The van der Waals surface area contributed by atoms with Gasteiger partial charge >= 0.3 is 0 Å². The molecule has 1 aromatic carbocycles. The number of hydrazine groups is 1. The van der Waals surface area contributed by atoms with Crippen LogP contribution in [0.3, 0.4) is 0 Å². The maximum Gasteiger partial charge on any atom is 0.258 e. The second kappa shape index (κ2) is 16.6. The fourth-order valence-corrected chi connectivity index (χ4v) is 4.50. The van der Waals surface area contributed by atoms with E-state index in [0.29, 0.717) is 23.9 Å². The highest BCUT2D eigenvalue weighted by Crippen LogP contribution is 2.39. The summed E-state index contributed by atoms with van der Waals surface area (Å²) in [5.74, 6) is 2.57. The predicted octanol–water partition coefficient (Wildman–Crippen LogP) is 5.48. The first-order chi connectivity index (χ1) is 18.6. The van der Waals surface area contributed by atoms with E-state index in [-0.39, 0.29) is 5.91 Å². The van der Waals surface area contributed by atoms with E-state index in [1.807, 2.05) is 35.3 Å². The maximum absolute atomic E-state index is 12.6. The highest BCUT2D eigenvalue weighted by atomic mass is 16.5. The van der Waals surface area contributed by atoms with Crippen LogP contribution in [0.5, 0.6) is 17.2 Å². The number of ether oxygens (including phenoxy) is 3. The van der Waals surface area contributed by atoms with Crippen LogP contribution in [0, 0.1) is 0 Å². The van der Waals surface area contributed by atoms with Crippen molar-refractivity contribution in [1.82, 2.24) is 15.4 Å². The third kappa shape index (κ3) is 9.56. The summed E-state index contributed by atoms with van der Waals surface area (Å²) in [4.78, 5) is 19.2. The lowest BCUT2D eigenvalue weighted by atomic mass is 10.1. The Bertz CT molecular complexity index is 966. The molecular weight excluding hydrogens is 480 g/mol. The van der Waals surface area contributed by atoms with Gasteiger partial charge in [0.05, 0.1) is 20.8 Å². The Kier molecular flexibility index (Phi) is 12.8.